The van der Waals surface area contributed by atoms with Gasteiger partial charge in [-0.1, -0.05) is 19.1 Å². The van der Waals surface area contributed by atoms with Gasteiger partial charge in [0, 0.05) is 12.3 Å². The summed E-state index contributed by atoms with van der Waals surface area (Å²) in [6.45, 7) is 7.93. The van der Waals surface area contributed by atoms with Crippen molar-refractivity contribution in [3.63, 3.8) is 0 Å². The number of carbonyl (C=O) groups is 1. The molecule has 0 aromatic heterocycles. The molecule has 0 unspecified atom stereocenters. The Hall–Kier alpha value is -0.590. The van der Waals surface area contributed by atoms with Crippen LogP contribution in [0.15, 0.2) is 12.2 Å². The second-order valence-electron chi connectivity index (χ2n) is 3.69. The summed E-state index contributed by atoms with van der Waals surface area (Å²) in [5.41, 5.74) is 1.17. The number of hydrogen-bond donors (Lipinski definition) is 0. The highest BCUT2D eigenvalue weighted by atomic mass is 16.1. The fourth-order valence-electron chi connectivity index (χ4n) is 1.58. The standard InChI is InChI=1S/C10H16O/c1-7(2)9-5-4-8(3)10(11)6-9/h8-9H,1,4-6H2,2-3H3/t8-,9+/m1/s1. The van der Waals surface area contributed by atoms with Gasteiger partial charge in [-0.05, 0) is 25.7 Å². The predicted molar refractivity (Wildman–Crippen MR) is 46.3 cm³/mol. The Bertz CT molecular complexity index is 181. The van der Waals surface area contributed by atoms with Gasteiger partial charge in [0.15, 0.2) is 0 Å². The van der Waals surface area contributed by atoms with E-state index < -0.39 is 0 Å². The first-order valence-corrected chi connectivity index (χ1v) is 4.29. The van der Waals surface area contributed by atoms with Gasteiger partial charge in [0.1, 0.15) is 5.78 Å². The molecule has 1 fully saturated rings. The van der Waals surface area contributed by atoms with Gasteiger partial charge in [0.25, 0.3) is 0 Å². The summed E-state index contributed by atoms with van der Waals surface area (Å²) in [5, 5.41) is 0. The van der Waals surface area contributed by atoms with Crippen LogP contribution in [-0.2, 0) is 4.79 Å². The molecular formula is C10H16O. The Kier molecular flexibility index (Phi) is 2.48. The fraction of sp³-hybridized carbons (Fsp3) is 0.700. The predicted octanol–water partition coefficient (Wildman–Crippen LogP) is 2.57. The van der Waals surface area contributed by atoms with E-state index in [1.54, 1.807) is 0 Å². The third kappa shape index (κ3) is 1.92. The molecule has 0 spiro atoms. The van der Waals surface area contributed by atoms with Crippen LogP contribution in [0, 0.1) is 11.8 Å². The average molecular weight is 152 g/mol. The van der Waals surface area contributed by atoms with Gasteiger partial charge in [-0.3, -0.25) is 4.79 Å². The molecule has 0 radical (unpaired) electrons. The second kappa shape index (κ2) is 3.21. The molecule has 1 nitrogen and oxygen atoms in total. The summed E-state index contributed by atoms with van der Waals surface area (Å²) in [6.07, 6.45) is 2.94. The first kappa shape index (κ1) is 8.51. The van der Waals surface area contributed by atoms with Gasteiger partial charge in [-0.2, -0.15) is 0 Å². The van der Waals surface area contributed by atoms with E-state index in [2.05, 4.69) is 6.58 Å². The van der Waals surface area contributed by atoms with Crippen molar-refractivity contribution >= 4 is 5.78 Å². The number of rotatable bonds is 1. The maximum absolute atomic E-state index is 11.3. The number of carbonyl (C=O) groups excluding carboxylic acids is 1. The summed E-state index contributed by atoms with van der Waals surface area (Å²) in [4.78, 5) is 11.3. The van der Waals surface area contributed by atoms with E-state index in [9.17, 15) is 4.79 Å². The minimum Gasteiger partial charge on any atom is -0.299 e. The lowest BCUT2D eigenvalue weighted by molar-refractivity contribution is -0.124. The lowest BCUT2D eigenvalue weighted by Crippen LogP contribution is -2.22. The molecule has 11 heavy (non-hydrogen) atoms. The van der Waals surface area contributed by atoms with Crippen molar-refractivity contribution in [1.29, 1.82) is 0 Å². The van der Waals surface area contributed by atoms with E-state index in [0.29, 0.717) is 17.6 Å². The molecule has 0 aliphatic heterocycles. The van der Waals surface area contributed by atoms with Gasteiger partial charge < -0.3 is 0 Å². The molecule has 1 aliphatic carbocycles. The molecule has 0 bridgehead atoms. The Morgan fingerprint density at radius 1 is 1.55 bits per heavy atom. The van der Waals surface area contributed by atoms with Crippen LogP contribution in [0.1, 0.15) is 33.1 Å². The topological polar surface area (TPSA) is 17.1 Å². The number of Topliss-reactive ketones (excluding diaryl/α,β-unsaturated/α-hetero) is 1. The van der Waals surface area contributed by atoms with Crippen molar-refractivity contribution < 1.29 is 4.79 Å². The van der Waals surface area contributed by atoms with Crippen LogP contribution in [0.5, 0.6) is 0 Å². The van der Waals surface area contributed by atoms with E-state index in [-0.39, 0.29) is 0 Å². The third-order valence-electron chi connectivity index (χ3n) is 2.64. The van der Waals surface area contributed by atoms with Crippen molar-refractivity contribution in [3.05, 3.63) is 12.2 Å². The van der Waals surface area contributed by atoms with Crippen molar-refractivity contribution in [3.8, 4) is 0 Å². The monoisotopic (exact) mass is 152 g/mol. The largest absolute Gasteiger partial charge is 0.299 e. The fourth-order valence-corrected chi connectivity index (χ4v) is 1.58. The Morgan fingerprint density at radius 2 is 2.18 bits per heavy atom. The van der Waals surface area contributed by atoms with Gasteiger partial charge >= 0.3 is 0 Å². The normalized spacial score (nSPS) is 32.0. The van der Waals surface area contributed by atoms with E-state index in [1.807, 2.05) is 13.8 Å². The smallest absolute Gasteiger partial charge is 0.136 e. The van der Waals surface area contributed by atoms with Crippen LogP contribution in [0.3, 0.4) is 0 Å². The van der Waals surface area contributed by atoms with Crippen molar-refractivity contribution in [2.75, 3.05) is 0 Å². The van der Waals surface area contributed by atoms with Gasteiger partial charge in [-0.25, -0.2) is 0 Å². The quantitative estimate of drug-likeness (QED) is 0.528. The zero-order valence-corrected chi connectivity index (χ0v) is 7.39. The van der Waals surface area contributed by atoms with Gasteiger partial charge in [0.05, 0.1) is 0 Å². The Morgan fingerprint density at radius 3 is 2.64 bits per heavy atom. The zero-order chi connectivity index (χ0) is 8.43. The maximum atomic E-state index is 11.3. The molecular weight excluding hydrogens is 136 g/mol. The molecule has 0 amide bonds. The van der Waals surface area contributed by atoms with E-state index in [0.717, 1.165) is 19.3 Å². The maximum Gasteiger partial charge on any atom is 0.136 e. The molecule has 1 aliphatic rings. The molecule has 0 saturated heterocycles. The summed E-state index contributed by atoms with van der Waals surface area (Å²) < 4.78 is 0. The molecule has 1 heteroatoms. The first-order chi connectivity index (χ1) is 5.11. The number of hydrogen-bond acceptors (Lipinski definition) is 1. The number of ketones is 1. The Balaban J connectivity index is 2.53. The number of allylic oxidation sites excluding steroid dienone is 1. The lowest BCUT2D eigenvalue weighted by Gasteiger charge is -2.25. The molecule has 0 aromatic rings. The van der Waals surface area contributed by atoms with Gasteiger partial charge in [0.2, 0.25) is 0 Å². The molecule has 62 valence electrons. The molecule has 0 aromatic carbocycles. The third-order valence-corrected chi connectivity index (χ3v) is 2.64. The average Bonchev–Trinajstić information content (AvgIpc) is 1.94. The SMILES string of the molecule is C=C(C)[C@H]1CC[C@@H](C)C(=O)C1. The molecule has 0 heterocycles. The van der Waals surface area contributed by atoms with Crippen LogP contribution in [0.25, 0.3) is 0 Å². The summed E-state index contributed by atoms with van der Waals surface area (Å²) >= 11 is 0. The minimum absolute atomic E-state index is 0.297. The van der Waals surface area contributed by atoms with Crippen molar-refractivity contribution in [1.82, 2.24) is 0 Å². The van der Waals surface area contributed by atoms with Gasteiger partial charge in [-0.15, -0.1) is 0 Å². The van der Waals surface area contributed by atoms with E-state index >= 15 is 0 Å². The van der Waals surface area contributed by atoms with E-state index in [4.69, 9.17) is 0 Å². The zero-order valence-electron chi connectivity index (χ0n) is 7.39. The highest BCUT2D eigenvalue weighted by Crippen LogP contribution is 2.29. The van der Waals surface area contributed by atoms with E-state index in [1.165, 1.54) is 5.57 Å². The summed E-state index contributed by atoms with van der Waals surface area (Å²) in [6, 6.07) is 0. The lowest BCUT2D eigenvalue weighted by atomic mass is 9.79. The minimum atomic E-state index is 0.297. The highest BCUT2D eigenvalue weighted by molar-refractivity contribution is 5.81. The summed E-state index contributed by atoms with van der Waals surface area (Å²) in [7, 11) is 0. The molecule has 0 N–H and O–H groups in total. The molecule has 1 rings (SSSR count). The Labute approximate surface area is 68.5 Å². The molecule has 2 atom stereocenters. The second-order valence-corrected chi connectivity index (χ2v) is 3.69. The summed E-state index contributed by atoms with van der Waals surface area (Å²) in [5.74, 6) is 1.19. The highest BCUT2D eigenvalue weighted by Gasteiger charge is 2.25. The van der Waals surface area contributed by atoms with Crippen LogP contribution < -0.4 is 0 Å². The van der Waals surface area contributed by atoms with Crippen molar-refractivity contribution in [2.24, 2.45) is 11.8 Å². The molecule has 1 saturated carbocycles. The van der Waals surface area contributed by atoms with Crippen LogP contribution in [0.2, 0.25) is 0 Å². The first-order valence-electron chi connectivity index (χ1n) is 4.29. The van der Waals surface area contributed by atoms with Crippen LogP contribution in [0.4, 0.5) is 0 Å². The van der Waals surface area contributed by atoms with Crippen molar-refractivity contribution in [2.45, 2.75) is 33.1 Å². The van der Waals surface area contributed by atoms with Crippen LogP contribution in [-0.4, -0.2) is 5.78 Å². The van der Waals surface area contributed by atoms with Crippen LogP contribution >= 0.6 is 0 Å².